The molecule has 0 aromatic heterocycles. The molecule has 2 N–H and O–H groups in total. The Bertz CT molecular complexity index is 338. The van der Waals surface area contributed by atoms with E-state index >= 15 is 0 Å². The maximum atomic E-state index is 11.7. The average molecular weight is 314 g/mol. The number of carboxylic acids is 2. The van der Waals surface area contributed by atoms with Crippen LogP contribution in [0, 0.1) is 5.92 Å². The Kier molecular flexibility index (Phi) is 12.4. The van der Waals surface area contributed by atoms with Crippen molar-refractivity contribution in [2.45, 2.75) is 84.0 Å². The van der Waals surface area contributed by atoms with Crippen LogP contribution in [0.15, 0.2) is 0 Å². The van der Waals surface area contributed by atoms with Gasteiger partial charge in [0.25, 0.3) is 0 Å². The summed E-state index contributed by atoms with van der Waals surface area (Å²) in [6.07, 6.45) is 8.67. The summed E-state index contributed by atoms with van der Waals surface area (Å²) in [4.78, 5) is 32.8. The van der Waals surface area contributed by atoms with Crippen LogP contribution in [0.2, 0.25) is 0 Å². The monoisotopic (exact) mass is 314 g/mol. The van der Waals surface area contributed by atoms with E-state index in [0.717, 1.165) is 38.5 Å². The molecule has 0 saturated carbocycles. The van der Waals surface area contributed by atoms with Crippen LogP contribution >= 0.6 is 0 Å². The Morgan fingerprint density at radius 2 is 1.27 bits per heavy atom. The normalized spacial score (nSPS) is 12.0. The molecule has 0 amide bonds. The van der Waals surface area contributed by atoms with Crippen molar-refractivity contribution < 1.29 is 24.6 Å². The van der Waals surface area contributed by atoms with E-state index in [9.17, 15) is 14.4 Å². The average Bonchev–Trinajstić information content (AvgIpc) is 2.45. The van der Waals surface area contributed by atoms with Crippen molar-refractivity contribution in [2.75, 3.05) is 0 Å². The van der Waals surface area contributed by atoms with Gasteiger partial charge in [-0.2, -0.15) is 0 Å². The molecule has 0 saturated heterocycles. The first-order valence-electron chi connectivity index (χ1n) is 8.43. The van der Waals surface area contributed by atoms with Crippen LogP contribution in [0.3, 0.4) is 0 Å². The highest BCUT2D eigenvalue weighted by Gasteiger charge is 2.13. The summed E-state index contributed by atoms with van der Waals surface area (Å²) in [7, 11) is 0. The van der Waals surface area contributed by atoms with E-state index in [0.29, 0.717) is 32.1 Å². The van der Waals surface area contributed by atoms with Crippen molar-refractivity contribution in [2.24, 2.45) is 5.92 Å². The number of carbonyl (C=O) groups is 3. The number of Topliss-reactive ketones (excluding diaryl/α,β-unsaturated/α-hetero) is 1. The molecule has 0 aliphatic carbocycles. The molecular formula is C17H30O5. The lowest BCUT2D eigenvalue weighted by Gasteiger charge is -2.08. The fourth-order valence-corrected chi connectivity index (χ4v) is 2.47. The van der Waals surface area contributed by atoms with Crippen molar-refractivity contribution >= 4 is 17.7 Å². The van der Waals surface area contributed by atoms with Gasteiger partial charge >= 0.3 is 11.9 Å². The Morgan fingerprint density at radius 3 is 1.73 bits per heavy atom. The van der Waals surface area contributed by atoms with E-state index in [1.807, 2.05) is 6.92 Å². The molecule has 0 aliphatic rings. The maximum absolute atomic E-state index is 11.7. The van der Waals surface area contributed by atoms with Crippen molar-refractivity contribution in [1.82, 2.24) is 0 Å². The third kappa shape index (κ3) is 12.4. The molecule has 0 aliphatic heterocycles. The van der Waals surface area contributed by atoms with Crippen LogP contribution in [0.5, 0.6) is 0 Å². The van der Waals surface area contributed by atoms with Gasteiger partial charge in [-0.3, -0.25) is 14.4 Å². The van der Waals surface area contributed by atoms with Crippen molar-refractivity contribution in [3.63, 3.8) is 0 Å². The van der Waals surface area contributed by atoms with E-state index in [2.05, 4.69) is 0 Å². The zero-order valence-electron chi connectivity index (χ0n) is 13.7. The standard InChI is InChI=1S/C17H30O5/c1-2-14(17(21)22)10-6-5-8-12-15(18)11-7-3-4-9-13-16(19)20/h14H,2-13H2,1H3,(H,19,20)(H,21,22). The minimum Gasteiger partial charge on any atom is -0.481 e. The van der Waals surface area contributed by atoms with Crippen LogP contribution in [-0.2, 0) is 14.4 Å². The first kappa shape index (κ1) is 20.6. The summed E-state index contributed by atoms with van der Waals surface area (Å²) >= 11 is 0. The zero-order valence-corrected chi connectivity index (χ0v) is 13.7. The third-order valence-corrected chi connectivity index (χ3v) is 3.95. The fourth-order valence-electron chi connectivity index (χ4n) is 2.47. The minimum atomic E-state index is -0.760. The van der Waals surface area contributed by atoms with Crippen LogP contribution in [-0.4, -0.2) is 27.9 Å². The highest BCUT2D eigenvalue weighted by molar-refractivity contribution is 5.78. The number of hydrogen-bond donors (Lipinski definition) is 2. The van der Waals surface area contributed by atoms with Crippen LogP contribution in [0.25, 0.3) is 0 Å². The van der Waals surface area contributed by atoms with Gasteiger partial charge in [-0.15, -0.1) is 0 Å². The molecule has 0 radical (unpaired) electrons. The van der Waals surface area contributed by atoms with Gasteiger partial charge in [0.1, 0.15) is 5.78 Å². The van der Waals surface area contributed by atoms with E-state index < -0.39 is 11.9 Å². The molecule has 1 atom stereocenters. The summed E-state index contributed by atoms with van der Waals surface area (Å²) in [5.74, 6) is -1.46. The van der Waals surface area contributed by atoms with Gasteiger partial charge in [-0.05, 0) is 32.1 Å². The zero-order chi connectivity index (χ0) is 16.8. The number of carboxylic acid groups (broad SMARTS) is 2. The molecule has 5 nitrogen and oxygen atoms in total. The summed E-state index contributed by atoms with van der Waals surface area (Å²) in [5.41, 5.74) is 0. The Labute approximate surface area is 133 Å². The second-order valence-corrected chi connectivity index (χ2v) is 5.89. The van der Waals surface area contributed by atoms with Gasteiger partial charge < -0.3 is 10.2 Å². The number of hydrogen-bond acceptors (Lipinski definition) is 3. The highest BCUT2D eigenvalue weighted by Crippen LogP contribution is 2.15. The number of rotatable bonds is 15. The van der Waals surface area contributed by atoms with E-state index in [1.54, 1.807) is 0 Å². The van der Waals surface area contributed by atoms with Gasteiger partial charge in [0.05, 0.1) is 5.92 Å². The molecule has 0 aromatic rings. The molecule has 0 rings (SSSR count). The SMILES string of the molecule is CCC(CCCCCC(=O)CCCCCCC(=O)O)C(=O)O. The highest BCUT2D eigenvalue weighted by atomic mass is 16.4. The molecule has 0 bridgehead atoms. The molecule has 22 heavy (non-hydrogen) atoms. The first-order chi connectivity index (χ1) is 10.5. The quantitative estimate of drug-likeness (QED) is 0.445. The molecule has 0 aromatic carbocycles. The largest absolute Gasteiger partial charge is 0.481 e. The van der Waals surface area contributed by atoms with Gasteiger partial charge in [0.2, 0.25) is 0 Å². The molecule has 0 fully saturated rings. The summed E-state index contributed by atoms with van der Waals surface area (Å²) < 4.78 is 0. The fraction of sp³-hybridized carbons (Fsp3) is 0.824. The van der Waals surface area contributed by atoms with Crippen LogP contribution in [0.4, 0.5) is 0 Å². The van der Waals surface area contributed by atoms with E-state index in [-0.39, 0.29) is 18.1 Å². The Balaban J connectivity index is 3.43. The number of carbonyl (C=O) groups excluding carboxylic acids is 1. The second-order valence-electron chi connectivity index (χ2n) is 5.89. The molecular weight excluding hydrogens is 284 g/mol. The summed E-state index contributed by atoms with van der Waals surface area (Å²) in [6.45, 7) is 1.89. The Morgan fingerprint density at radius 1 is 0.773 bits per heavy atom. The topological polar surface area (TPSA) is 91.7 Å². The second kappa shape index (κ2) is 13.3. The molecule has 1 unspecified atom stereocenters. The summed E-state index contributed by atoms with van der Waals surface area (Å²) in [5, 5.41) is 17.4. The third-order valence-electron chi connectivity index (χ3n) is 3.95. The smallest absolute Gasteiger partial charge is 0.306 e. The maximum Gasteiger partial charge on any atom is 0.306 e. The minimum absolute atomic E-state index is 0.211. The Hall–Kier alpha value is -1.39. The van der Waals surface area contributed by atoms with Crippen molar-refractivity contribution in [3.05, 3.63) is 0 Å². The lowest BCUT2D eigenvalue weighted by Crippen LogP contribution is -2.12. The lowest BCUT2D eigenvalue weighted by molar-refractivity contribution is -0.142. The van der Waals surface area contributed by atoms with Crippen molar-refractivity contribution in [3.8, 4) is 0 Å². The predicted octanol–water partition coefficient (Wildman–Crippen LogP) is 4.04. The molecule has 0 spiro atoms. The van der Waals surface area contributed by atoms with Gasteiger partial charge in [-0.25, -0.2) is 0 Å². The predicted molar refractivity (Wildman–Crippen MR) is 84.8 cm³/mol. The van der Waals surface area contributed by atoms with Gasteiger partial charge in [0, 0.05) is 19.3 Å². The summed E-state index contributed by atoms with van der Waals surface area (Å²) in [6, 6.07) is 0. The molecule has 128 valence electrons. The molecule has 0 heterocycles. The first-order valence-corrected chi connectivity index (χ1v) is 8.43. The molecule has 5 heteroatoms. The number of ketones is 1. The van der Waals surface area contributed by atoms with E-state index in [4.69, 9.17) is 10.2 Å². The van der Waals surface area contributed by atoms with Crippen LogP contribution in [0.1, 0.15) is 84.0 Å². The van der Waals surface area contributed by atoms with Gasteiger partial charge in [-0.1, -0.05) is 32.6 Å². The number of aliphatic carboxylic acids is 2. The van der Waals surface area contributed by atoms with E-state index in [1.165, 1.54) is 0 Å². The van der Waals surface area contributed by atoms with Crippen LogP contribution < -0.4 is 0 Å². The van der Waals surface area contributed by atoms with Gasteiger partial charge in [0.15, 0.2) is 0 Å². The van der Waals surface area contributed by atoms with Crippen molar-refractivity contribution in [1.29, 1.82) is 0 Å². The lowest BCUT2D eigenvalue weighted by atomic mass is 9.97. The number of unbranched alkanes of at least 4 members (excludes halogenated alkanes) is 5.